The summed E-state index contributed by atoms with van der Waals surface area (Å²) in [7, 11) is 1.52. The van der Waals surface area contributed by atoms with E-state index in [0.29, 0.717) is 16.9 Å². The first-order valence-electron chi connectivity index (χ1n) is 6.08. The maximum Gasteiger partial charge on any atom is 0.261 e. The van der Waals surface area contributed by atoms with Crippen LogP contribution >= 0.6 is 10.7 Å². The van der Waals surface area contributed by atoms with Crippen molar-refractivity contribution in [1.82, 2.24) is 5.32 Å². The molecule has 0 saturated heterocycles. The van der Waals surface area contributed by atoms with Crippen LogP contribution in [0.5, 0.6) is 5.75 Å². The molecule has 0 aliphatic carbocycles. The maximum absolute atomic E-state index is 11.5. The number of nitrogens with zero attached hydrogens (tertiary/aromatic N) is 1. The van der Waals surface area contributed by atoms with E-state index >= 15 is 0 Å². The van der Waals surface area contributed by atoms with Gasteiger partial charge in [-0.2, -0.15) is 5.26 Å². The molecule has 0 aliphatic heterocycles. The van der Waals surface area contributed by atoms with Crippen molar-refractivity contribution in [2.45, 2.75) is 25.2 Å². The number of ether oxygens (including phenoxy) is 1. The van der Waals surface area contributed by atoms with Crippen LogP contribution < -0.4 is 10.1 Å². The summed E-state index contributed by atoms with van der Waals surface area (Å²) >= 11 is 0. The Hall–Kier alpha value is -1.78. The largest absolute Gasteiger partial charge is 0.483 e. The van der Waals surface area contributed by atoms with Gasteiger partial charge in [-0.3, -0.25) is 4.79 Å². The number of nitrogens with one attached hydrogen (secondary N) is 1. The molecule has 0 unspecified atom stereocenters. The van der Waals surface area contributed by atoms with Crippen molar-refractivity contribution in [2.75, 3.05) is 13.2 Å². The number of carbonyl (C=O) groups excluding carboxylic acids is 1. The fourth-order valence-electron chi connectivity index (χ4n) is 1.63. The predicted molar refractivity (Wildman–Crippen MR) is 77.7 cm³/mol. The Labute approximate surface area is 128 Å². The zero-order valence-corrected chi connectivity index (χ0v) is 13.2. The monoisotopic (exact) mass is 330 g/mol. The Morgan fingerprint density at radius 2 is 2.05 bits per heavy atom. The topological polar surface area (TPSA) is 96.3 Å². The van der Waals surface area contributed by atoms with E-state index < -0.39 is 9.05 Å². The predicted octanol–water partition coefficient (Wildman–Crippen LogP) is 1.64. The molecule has 1 N–H and O–H groups in total. The summed E-state index contributed by atoms with van der Waals surface area (Å²) in [5.74, 6) is 0.0587. The molecule has 8 heteroatoms. The molecule has 0 atom stereocenters. The standard InChI is InChI=1S/C13H15ClN2O4S/c1-9-7-12(21(14,18)19)10(2)6-11(9)20-8-13(17)16-5-3-4-15/h6-7H,3,5,8H2,1-2H3,(H,16,17). The summed E-state index contributed by atoms with van der Waals surface area (Å²) < 4.78 is 28.1. The second-order valence-corrected chi connectivity index (χ2v) is 6.90. The average molecular weight is 331 g/mol. The van der Waals surface area contributed by atoms with Crippen LogP contribution in [-0.4, -0.2) is 27.5 Å². The molecule has 0 aliphatic rings. The Balaban J connectivity index is 2.76. The average Bonchev–Trinajstić information content (AvgIpc) is 2.38. The van der Waals surface area contributed by atoms with Crippen molar-refractivity contribution in [1.29, 1.82) is 5.26 Å². The van der Waals surface area contributed by atoms with E-state index in [1.54, 1.807) is 13.8 Å². The quantitative estimate of drug-likeness (QED) is 0.631. The minimum atomic E-state index is -3.81. The van der Waals surface area contributed by atoms with Crippen LogP contribution in [0.25, 0.3) is 0 Å². The third-order valence-corrected chi connectivity index (χ3v) is 4.12. The first-order valence-corrected chi connectivity index (χ1v) is 8.39. The van der Waals surface area contributed by atoms with Crippen LogP contribution in [-0.2, 0) is 13.8 Å². The number of benzene rings is 1. The van der Waals surface area contributed by atoms with Crippen molar-refractivity contribution in [3.8, 4) is 11.8 Å². The normalized spacial score (nSPS) is 10.8. The number of amides is 1. The summed E-state index contributed by atoms with van der Waals surface area (Å²) in [5, 5.41) is 10.9. The molecule has 0 radical (unpaired) electrons. The van der Waals surface area contributed by atoms with Gasteiger partial charge in [-0.25, -0.2) is 8.42 Å². The van der Waals surface area contributed by atoms with Gasteiger partial charge in [-0.1, -0.05) is 0 Å². The molecule has 1 aromatic rings. The van der Waals surface area contributed by atoms with Gasteiger partial charge in [0.1, 0.15) is 5.75 Å². The van der Waals surface area contributed by atoms with Crippen molar-refractivity contribution < 1.29 is 17.9 Å². The van der Waals surface area contributed by atoms with Crippen molar-refractivity contribution >= 4 is 25.6 Å². The highest BCUT2D eigenvalue weighted by Gasteiger charge is 2.16. The lowest BCUT2D eigenvalue weighted by atomic mass is 10.1. The Morgan fingerprint density at radius 1 is 1.38 bits per heavy atom. The van der Waals surface area contributed by atoms with E-state index in [2.05, 4.69) is 5.32 Å². The van der Waals surface area contributed by atoms with Crippen LogP contribution in [0.3, 0.4) is 0 Å². The molecule has 1 rings (SSSR count). The van der Waals surface area contributed by atoms with E-state index in [1.165, 1.54) is 12.1 Å². The fourth-order valence-corrected chi connectivity index (χ4v) is 2.89. The van der Waals surface area contributed by atoms with Crippen LogP contribution in [0, 0.1) is 25.2 Å². The number of carbonyl (C=O) groups is 1. The summed E-state index contributed by atoms with van der Waals surface area (Å²) in [6.45, 7) is 3.31. The Bertz CT molecular complexity index is 680. The number of aryl methyl sites for hydroxylation is 2. The number of hydrogen-bond donors (Lipinski definition) is 1. The lowest BCUT2D eigenvalue weighted by molar-refractivity contribution is -0.123. The first-order chi connectivity index (χ1) is 9.75. The molecule has 21 heavy (non-hydrogen) atoms. The molecule has 1 aromatic carbocycles. The summed E-state index contributed by atoms with van der Waals surface area (Å²) in [6.07, 6.45) is 0.228. The molecule has 0 saturated carbocycles. The Morgan fingerprint density at radius 3 is 2.62 bits per heavy atom. The minimum Gasteiger partial charge on any atom is -0.483 e. The highest BCUT2D eigenvalue weighted by molar-refractivity contribution is 8.13. The van der Waals surface area contributed by atoms with Gasteiger partial charge in [-0.15, -0.1) is 0 Å². The van der Waals surface area contributed by atoms with E-state index in [0.717, 1.165) is 0 Å². The van der Waals surface area contributed by atoms with Crippen LogP contribution in [0.15, 0.2) is 17.0 Å². The van der Waals surface area contributed by atoms with Gasteiger partial charge in [-0.05, 0) is 37.1 Å². The van der Waals surface area contributed by atoms with Crippen LogP contribution in [0.4, 0.5) is 0 Å². The molecule has 0 bridgehead atoms. The zero-order valence-electron chi connectivity index (χ0n) is 11.6. The van der Waals surface area contributed by atoms with Crippen molar-refractivity contribution in [2.24, 2.45) is 0 Å². The highest BCUT2D eigenvalue weighted by atomic mass is 35.7. The lowest BCUT2D eigenvalue weighted by Crippen LogP contribution is -2.29. The first kappa shape index (κ1) is 17.3. The summed E-state index contributed by atoms with van der Waals surface area (Å²) in [4.78, 5) is 11.5. The molecule has 0 aromatic heterocycles. The fraction of sp³-hybridized carbons (Fsp3) is 0.385. The molecule has 0 fully saturated rings. The van der Waals surface area contributed by atoms with Gasteiger partial charge in [0.2, 0.25) is 0 Å². The zero-order chi connectivity index (χ0) is 16.0. The number of hydrogen-bond acceptors (Lipinski definition) is 5. The number of nitriles is 1. The highest BCUT2D eigenvalue weighted by Crippen LogP contribution is 2.27. The molecule has 0 heterocycles. The molecular weight excluding hydrogens is 316 g/mol. The second-order valence-electron chi connectivity index (χ2n) is 4.37. The van der Waals surface area contributed by atoms with Gasteiger partial charge >= 0.3 is 0 Å². The van der Waals surface area contributed by atoms with Gasteiger partial charge < -0.3 is 10.1 Å². The second kappa shape index (κ2) is 7.29. The lowest BCUT2D eigenvalue weighted by Gasteiger charge is -2.12. The van der Waals surface area contributed by atoms with Crippen molar-refractivity contribution in [3.63, 3.8) is 0 Å². The smallest absolute Gasteiger partial charge is 0.261 e. The number of rotatable bonds is 6. The van der Waals surface area contributed by atoms with Crippen LogP contribution in [0.1, 0.15) is 17.5 Å². The van der Waals surface area contributed by atoms with Gasteiger partial charge in [0.15, 0.2) is 6.61 Å². The van der Waals surface area contributed by atoms with Gasteiger partial charge in [0.25, 0.3) is 15.0 Å². The van der Waals surface area contributed by atoms with Crippen molar-refractivity contribution in [3.05, 3.63) is 23.3 Å². The molecule has 114 valence electrons. The van der Waals surface area contributed by atoms with Gasteiger partial charge in [0, 0.05) is 17.2 Å². The minimum absolute atomic E-state index is 0.0208. The van der Waals surface area contributed by atoms with E-state index in [9.17, 15) is 13.2 Å². The molecular formula is C13H15ClN2O4S. The molecule has 6 nitrogen and oxygen atoms in total. The molecule has 0 spiro atoms. The van der Waals surface area contributed by atoms with E-state index in [1.807, 2.05) is 6.07 Å². The summed E-state index contributed by atoms with van der Waals surface area (Å²) in [5.41, 5.74) is 1.00. The van der Waals surface area contributed by atoms with E-state index in [-0.39, 0.29) is 30.4 Å². The molecule has 1 amide bonds. The van der Waals surface area contributed by atoms with Crippen LogP contribution in [0.2, 0.25) is 0 Å². The third-order valence-electron chi connectivity index (χ3n) is 2.65. The summed E-state index contributed by atoms with van der Waals surface area (Å²) in [6, 6.07) is 4.83. The third kappa shape index (κ3) is 5.25. The van der Waals surface area contributed by atoms with E-state index in [4.69, 9.17) is 20.7 Å². The maximum atomic E-state index is 11.5. The van der Waals surface area contributed by atoms with Gasteiger partial charge in [0.05, 0.1) is 17.4 Å². The number of halogens is 1. The SMILES string of the molecule is Cc1cc(S(=O)(=O)Cl)c(C)cc1OCC(=O)NCCC#N. The Kier molecular flexibility index (Phi) is 6.00.